The summed E-state index contributed by atoms with van der Waals surface area (Å²) in [4.78, 5) is 27.1. The smallest absolute Gasteiger partial charge is 0.246 e. The lowest BCUT2D eigenvalue weighted by atomic mass is 9.79. The van der Waals surface area contributed by atoms with Crippen LogP contribution in [0, 0.1) is 0 Å². The second kappa shape index (κ2) is 6.15. The standard InChI is InChI=1S/C16H28N2O2/c1-4-9-12-15(20)18(13(5-2)14(19)17-12)16(3)10-7-6-8-11-16/h12-13H,4-11H2,1-3H3,(H,17,19). The van der Waals surface area contributed by atoms with Crippen LogP contribution in [0.25, 0.3) is 0 Å². The van der Waals surface area contributed by atoms with Crippen molar-refractivity contribution >= 4 is 11.8 Å². The van der Waals surface area contributed by atoms with E-state index in [1.807, 2.05) is 11.8 Å². The van der Waals surface area contributed by atoms with Crippen molar-refractivity contribution in [3.8, 4) is 0 Å². The van der Waals surface area contributed by atoms with Crippen LogP contribution < -0.4 is 5.32 Å². The molecule has 2 atom stereocenters. The molecule has 1 N–H and O–H groups in total. The third kappa shape index (κ3) is 2.70. The molecule has 4 heteroatoms. The van der Waals surface area contributed by atoms with Crippen molar-refractivity contribution in [2.24, 2.45) is 0 Å². The van der Waals surface area contributed by atoms with Crippen molar-refractivity contribution in [3.63, 3.8) is 0 Å². The van der Waals surface area contributed by atoms with Crippen LogP contribution in [0.15, 0.2) is 0 Å². The number of hydrogen-bond donors (Lipinski definition) is 1. The monoisotopic (exact) mass is 280 g/mol. The van der Waals surface area contributed by atoms with Gasteiger partial charge in [0.15, 0.2) is 0 Å². The molecule has 0 radical (unpaired) electrons. The average Bonchev–Trinajstić information content (AvgIpc) is 2.43. The Labute approximate surface area is 122 Å². The van der Waals surface area contributed by atoms with Gasteiger partial charge in [-0.3, -0.25) is 9.59 Å². The Morgan fingerprint density at radius 1 is 1.20 bits per heavy atom. The third-order valence-electron chi connectivity index (χ3n) is 4.94. The van der Waals surface area contributed by atoms with E-state index in [-0.39, 0.29) is 29.4 Å². The van der Waals surface area contributed by atoms with Crippen LogP contribution in [0.5, 0.6) is 0 Å². The number of carbonyl (C=O) groups excluding carboxylic acids is 2. The van der Waals surface area contributed by atoms with E-state index >= 15 is 0 Å². The Morgan fingerprint density at radius 2 is 1.85 bits per heavy atom. The molecule has 1 aliphatic heterocycles. The second-order valence-electron chi connectivity index (χ2n) is 6.54. The van der Waals surface area contributed by atoms with Gasteiger partial charge in [0.2, 0.25) is 11.8 Å². The lowest BCUT2D eigenvalue weighted by Crippen LogP contribution is -2.69. The van der Waals surface area contributed by atoms with E-state index < -0.39 is 0 Å². The predicted octanol–water partition coefficient (Wildman–Crippen LogP) is 2.61. The molecule has 1 saturated heterocycles. The van der Waals surface area contributed by atoms with Crippen molar-refractivity contribution in [2.75, 3.05) is 0 Å². The number of carbonyl (C=O) groups is 2. The zero-order valence-electron chi connectivity index (χ0n) is 13.1. The van der Waals surface area contributed by atoms with Crippen LogP contribution in [-0.4, -0.2) is 34.3 Å². The molecule has 2 unspecified atom stereocenters. The summed E-state index contributed by atoms with van der Waals surface area (Å²) in [5, 5.41) is 2.92. The topological polar surface area (TPSA) is 49.4 Å². The van der Waals surface area contributed by atoms with E-state index in [1.54, 1.807) is 0 Å². The van der Waals surface area contributed by atoms with Gasteiger partial charge in [0.25, 0.3) is 0 Å². The highest BCUT2D eigenvalue weighted by molar-refractivity contribution is 5.97. The lowest BCUT2D eigenvalue weighted by molar-refractivity contribution is -0.158. The van der Waals surface area contributed by atoms with Gasteiger partial charge in [-0.25, -0.2) is 0 Å². The maximum absolute atomic E-state index is 12.8. The Balaban J connectivity index is 2.28. The van der Waals surface area contributed by atoms with Gasteiger partial charge in [0, 0.05) is 5.54 Å². The Morgan fingerprint density at radius 3 is 2.40 bits per heavy atom. The molecule has 114 valence electrons. The quantitative estimate of drug-likeness (QED) is 0.860. The maximum atomic E-state index is 12.8. The number of nitrogens with one attached hydrogen (secondary N) is 1. The van der Waals surface area contributed by atoms with Gasteiger partial charge in [-0.15, -0.1) is 0 Å². The van der Waals surface area contributed by atoms with Crippen molar-refractivity contribution < 1.29 is 9.59 Å². The van der Waals surface area contributed by atoms with Gasteiger partial charge in [-0.2, -0.15) is 0 Å². The summed E-state index contributed by atoms with van der Waals surface area (Å²) in [6.07, 6.45) is 7.99. The van der Waals surface area contributed by atoms with Crippen LogP contribution in [0.3, 0.4) is 0 Å². The van der Waals surface area contributed by atoms with E-state index in [0.717, 1.165) is 38.5 Å². The Bertz CT molecular complexity index is 375. The van der Waals surface area contributed by atoms with Gasteiger partial charge in [0.1, 0.15) is 12.1 Å². The summed E-state index contributed by atoms with van der Waals surface area (Å²) in [5.41, 5.74) is -0.125. The summed E-state index contributed by atoms with van der Waals surface area (Å²) in [7, 11) is 0. The van der Waals surface area contributed by atoms with Gasteiger partial charge >= 0.3 is 0 Å². The van der Waals surface area contributed by atoms with Crippen LogP contribution >= 0.6 is 0 Å². The SMILES string of the molecule is CCCC1NC(=O)C(CC)N(C2(C)CCCCC2)C1=O. The van der Waals surface area contributed by atoms with Crippen LogP contribution in [-0.2, 0) is 9.59 Å². The zero-order valence-corrected chi connectivity index (χ0v) is 13.1. The first-order valence-electron chi connectivity index (χ1n) is 8.17. The van der Waals surface area contributed by atoms with Crippen LogP contribution in [0.2, 0.25) is 0 Å². The predicted molar refractivity (Wildman–Crippen MR) is 79.3 cm³/mol. The van der Waals surface area contributed by atoms with Gasteiger partial charge in [0.05, 0.1) is 0 Å². The normalized spacial score (nSPS) is 30.2. The van der Waals surface area contributed by atoms with Crippen molar-refractivity contribution in [1.82, 2.24) is 10.2 Å². The molecule has 0 bridgehead atoms. The molecule has 2 rings (SSSR count). The highest BCUT2D eigenvalue weighted by Crippen LogP contribution is 2.37. The molecule has 1 saturated carbocycles. The van der Waals surface area contributed by atoms with Crippen molar-refractivity contribution in [2.45, 2.75) is 89.8 Å². The van der Waals surface area contributed by atoms with E-state index in [9.17, 15) is 9.59 Å². The molecule has 0 spiro atoms. The summed E-state index contributed by atoms with van der Waals surface area (Å²) >= 11 is 0. The Hall–Kier alpha value is -1.06. The molecule has 2 fully saturated rings. The fourth-order valence-electron chi connectivity index (χ4n) is 3.82. The molecule has 0 aromatic carbocycles. The van der Waals surface area contributed by atoms with E-state index in [4.69, 9.17) is 0 Å². The largest absolute Gasteiger partial charge is 0.343 e. The molecule has 1 aliphatic carbocycles. The number of piperazine rings is 1. The minimum Gasteiger partial charge on any atom is -0.343 e. The minimum atomic E-state index is -0.311. The van der Waals surface area contributed by atoms with Crippen molar-refractivity contribution in [1.29, 1.82) is 0 Å². The van der Waals surface area contributed by atoms with Gasteiger partial charge < -0.3 is 10.2 Å². The first-order chi connectivity index (χ1) is 9.53. The fraction of sp³-hybridized carbons (Fsp3) is 0.875. The molecule has 0 aromatic rings. The molecular weight excluding hydrogens is 252 g/mol. The molecule has 2 amide bonds. The van der Waals surface area contributed by atoms with E-state index in [2.05, 4.69) is 19.2 Å². The van der Waals surface area contributed by atoms with E-state index in [1.165, 1.54) is 6.42 Å². The molecule has 4 nitrogen and oxygen atoms in total. The highest BCUT2D eigenvalue weighted by atomic mass is 16.2. The summed E-state index contributed by atoms with van der Waals surface area (Å²) in [6.45, 7) is 6.23. The molecule has 20 heavy (non-hydrogen) atoms. The zero-order chi connectivity index (χ0) is 14.8. The summed E-state index contributed by atoms with van der Waals surface area (Å²) in [5.74, 6) is 0.181. The molecule has 1 heterocycles. The summed E-state index contributed by atoms with van der Waals surface area (Å²) < 4.78 is 0. The van der Waals surface area contributed by atoms with Gasteiger partial charge in [-0.1, -0.05) is 39.5 Å². The van der Waals surface area contributed by atoms with Crippen LogP contribution in [0.4, 0.5) is 0 Å². The average molecular weight is 280 g/mol. The second-order valence-corrected chi connectivity index (χ2v) is 6.54. The summed E-state index contributed by atoms with van der Waals surface area (Å²) in [6, 6.07) is -0.590. The highest BCUT2D eigenvalue weighted by Gasteiger charge is 2.47. The van der Waals surface area contributed by atoms with E-state index in [0.29, 0.717) is 6.42 Å². The molecule has 0 aromatic heterocycles. The third-order valence-corrected chi connectivity index (χ3v) is 4.94. The van der Waals surface area contributed by atoms with Crippen LogP contribution in [0.1, 0.15) is 72.1 Å². The van der Waals surface area contributed by atoms with Crippen molar-refractivity contribution in [3.05, 3.63) is 0 Å². The fourth-order valence-corrected chi connectivity index (χ4v) is 3.82. The van der Waals surface area contributed by atoms with Gasteiger partial charge in [-0.05, 0) is 32.6 Å². The lowest BCUT2D eigenvalue weighted by Gasteiger charge is -2.51. The number of nitrogens with zero attached hydrogens (tertiary/aromatic N) is 1. The number of hydrogen-bond acceptors (Lipinski definition) is 2. The Kier molecular flexibility index (Phi) is 4.71. The first-order valence-corrected chi connectivity index (χ1v) is 8.17. The number of amides is 2. The molecular formula is C16H28N2O2. The molecule has 2 aliphatic rings. The minimum absolute atomic E-state index is 0.0392. The first kappa shape index (κ1) is 15.3. The number of rotatable bonds is 4. The maximum Gasteiger partial charge on any atom is 0.246 e.